The summed E-state index contributed by atoms with van der Waals surface area (Å²) in [5, 5.41) is 15.9. The summed E-state index contributed by atoms with van der Waals surface area (Å²) in [6.45, 7) is 0.924. The maximum absolute atomic E-state index is 12.1. The second kappa shape index (κ2) is 7.74. The molecule has 0 unspecified atom stereocenters. The fourth-order valence-corrected chi connectivity index (χ4v) is 2.50. The number of esters is 1. The van der Waals surface area contributed by atoms with Gasteiger partial charge in [-0.05, 0) is 36.8 Å². The van der Waals surface area contributed by atoms with Gasteiger partial charge in [0.15, 0.2) is 13.2 Å². The zero-order chi connectivity index (χ0) is 20.3. The molecule has 2 N–H and O–H groups in total. The number of nitro benzene ring substituents is 1. The highest BCUT2D eigenvalue weighted by molar-refractivity contribution is 5.98. The van der Waals surface area contributed by atoms with Crippen LogP contribution in [0.2, 0.25) is 0 Å². The van der Waals surface area contributed by atoms with E-state index in [4.69, 9.17) is 9.47 Å². The normalized spacial score (nSPS) is 12.2. The first-order valence-corrected chi connectivity index (χ1v) is 8.12. The monoisotopic (exact) mass is 385 g/mol. The Kier molecular flexibility index (Phi) is 5.21. The van der Waals surface area contributed by atoms with Gasteiger partial charge in [-0.1, -0.05) is 0 Å². The highest BCUT2D eigenvalue weighted by Crippen LogP contribution is 2.28. The number of carbonyl (C=O) groups excluding carboxylic acids is 3. The van der Waals surface area contributed by atoms with Crippen LogP contribution >= 0.6 is 0 Å². The number of carbonyl (C=O) groups is 3. The Morgan fingerprint density at radius 3 is 2.79 bits per heavy atom. The topological polar surface area (TPSA) is 137 Å². The van der Waals surface area contributed by atoms with Crippen molar-refractivity contribution in [3.8, 4) is 5.75 Å². The van der Waals surface area contributed by atoms with E-state index in [-0.39, 0.29) is 23.8 Å². The van der Waals surface area contributed by atoms with Gasteiger partial charge in [-0.15, -0.1) is 0 Å². The van der Waals surface area contributed by atoms with Crippen LogP contribution in [0.3, 0.4) is 0 Å². The molecule has 0 saturated carbocycles. The molecule has 0 aliphatic carbocycles. The maximum atomic E-state index is 12.1. The smallest absolute Gasteiger partial charge is 0.338 e. The number of ether oxygens (including phenoxy) is 2. The van der Waals surface area contributed by atoms with Gasteiger partial charge in [-0.2, -0.15) is 0 Å². The molecule has 1 aliphatic rings. The second-order valence-corrected chi connectivity index (χ2v) is 5.93. The molecule has 28 heavy (non-hydrogen) atoms. The molecule has 1 aliphatic heterocycles. The number of nitrogens with zero attached hydrogens (tertiary/aromatic N) is 1. The summed E-state index contributed by atoms with van der Waals surface area (Å²) < 4.78 is 10.2. The van der Waals surface area contributed by atoms with Crippen LogP contribution in [0.25, 0.3) is 0 Å². The SMILES string of the molecule is Cc1cc([N+](=O)[O-])ccc1NC(=O)COC(=O)c1ccc2c(c1)OCC(=O)N2. The number of hydrogen-bond donors (Lipinski definition) is 2. The predicted molar refractivity (Wildman–Crippen MR) is 97.3 cm³/mol. The van der Waals surface area contributed by atoms with Gasteiger partial charge in [0.05, 0.1) is 16.2 Å². The summed E-state index contributed by atoms with van der Waals surface area (Å²) in [4.78, 5) is 45.6. The Bertz CT molecular complexity index is 987. The molecule has 10 nitrogen and oxygen atoms in total. The van der Waals surface area contributed by atoms with Crippen LogP contribution in [0.1, 0.15) is 15.9 Å². The third kappa shape index (κ3) is 4.23. The zero-order valence-electron chi connectivity index (χ0n) is 14.7. The quantitative estimate of drug-likeness (QED) is 0.456. The summed E-state index contributed by atoms with van der Waals surface area (Å²) >= 11 is 0. The van der Waals surface area contributed by atoms with E-state index in [1.807, 2.05) is 0 Å². The predicted octanol–water partition coefficient (Wildman–Crippen LogP) is 2.03. The van der Waals surface area contributed by atoms with Crippen molar-refractivity contribution in [2.75, 3.05) is 23.8 Å². The maximum Gasteiger partial charge on any atom is 0.338 e. The van der Waals surface area contributed by atoms with Crippen molar-refractivity contribution >= 4 is 34.8 Å². The van der Waals surface area contributed by atoms with Crippen molar-refractivity contribution < 1.29 is 28.8 Å². The van der Waals surface area contributed by atoms with Gasteiger partial charge in [-0.3, -0.25) is 19.7 Å². The van der Waals surface area contributed by atoms with E-state index >= 15 is 0 Å². The molecule has 10 heteroatoms. The Morgan fingerprint density at radius 1 is 1.29 bits per heavy atom. The van der Waals surface area contributed by atoms with E-state index in [1.165, 1.54) is 36.4 Å². The van der Waals surface area contributed by atoms with Crippen LogP contribution in [0.15, 0.2) is 36.4 Å². The van der Waals surface area contributed by atoms with Gasteiger partial charge in [0.2, 0.25) is 0 Å². The summed E-state index contributed by atoms with van der Waals surface area (Å²) in [5.41, 5.74) is 1.40. The minimum absolute atomic E-state index is 0.0901. The third-order valence-corrected chi connectivity index (χ3v) is 3.88. The zero-order valence-corrected chi connectivity index (χ0v) is 14.7. The number of hydrogen-bond acceptors (Lipinski definition) is 7. The van der Waals surface area contributed by atoms with Gasteiger partial charge < -0.3 is 20.1 Å². The molecule has 2 amide bonds. The number of fused-ring (bicyclic) bond motifs is 1. The van der Waals surface area contributed by atoms with Gasteiger partial charge in [-0.25, -0.2) is 4.79 Å². The fourth-order valence-electron chi connectivity index (χ4n) is 2.50. The number of nitro groups is 1. The first-order chi connectivity index (χ1) is 13.3. The van der Waals surface area contributed by atoms with Crippen molar-refractivity contribution in [3.63, 3.8) is 0 Å². The molecule has 3 rings (SSSR count). The van der Waals surface area contributed by atoms with Gasteiger partial charge in [0.25, 0.3) is 17.5 Å². The van der Waals surface area contributed by atoms with Crippen LogP contribution in [0.5, 0.6) is 5.75 Å². The van der Waals surface area contributed by atoms with Gasteiger partial charge in [0.1, 0.15) is 5.75 Å². The Morgan fingerprint density at radius 2 is 2.07 bits per heavy atom. The van der Waals surface area contributed by atoms with Crippen LogP contribution in [0.4, 0.5) is 17.1 Å². The van der Waals surface area contributed by atoms with Crippen LogP contribution in [0, 0.1) is 17.0 Å². The fraction of sp³-hybridized carbons (Fsp3) is 0.167. The molecule has 1 heterocycles. The number of nitrogens with one attached hydrogen (secondary N) is 2. The molecule has 0 saturated heterocycles. The van der Waals surface area contributed by atoms with E-state index < -0.39 is 23.4 Å². The molecule has 0 spiro atoms. The lowest BCUT2D eigenvalue weighted by Gasteiger charge is -2.18. The molecule has 144 valence electrons. The van der Waals surface area contributed by atoms with Crippen LogP contribution < -0.4 is 15.4 Å². The highest BCUT2D eigenvalue weighted by atomic mass is 16.6. The average Bonchev–Trinajstić information content (AvgIpc) is 2.67. The van der Waals surface area contributed by atoms with Crippen molar-refractivity contribution in [2.24, 2.45) is 0 Å². The minimum Gasteiger partial charge on any atom is -0.482 e. The van der Waals surface area contributed by atoms with E-state index in [1.54, 1.807) is 6.92 Å². The number of benzene rings is 2. The Labute approximate surface area is 158 Å². The largest absolute Gasteiger partial charge is 0.482 e. The van der Waals surface area contributed by atoms with Crippen LogP contribution in [-0.2, 0) is 14.3 Å². The highest BCUT2D eigenvalue weighted by Gasteiger charge is 2.19. The standard InChI is InChI=1S/C18H15N3O7/c1-10-6-12(21(25)26)3-5-13(10)19-17(23)9-28-18(24)11-2-4-14-15(7-11)27-8-16(22)20-14/h2-7H,8-9H2,1H3,(H,19,23)(H,20,22). The Hall–Kier alpha value is -3.95. The molecule has 2 aromatic rings. The van der Waals surface area contributed by atoms with Gasteiger partial charge >= 0.3 is 5.97 Å². The lowest BCUT2D eigenvalue weighted by Crippen LogP contribution is -2.25. The summed E-state index contributed by atoms with van der Waals surface area (Å²) in [6, 6.07) is 8.35. The molecule has 2 aromatic carbocycles. The number of non-ortho nitro benzene ring substituents is 1. The van der Waals surface area contributed by atoms with E-state index in [9.17, 15) is 24.5 Å². The van der Waals surface area contributed by atoms with Crippen LogP contribution in [-0.4, -0.2) is 35.9 Å². The molecule has 0 atom stereocenters. The van der Waals surface area contributed by atoms with Gasteiger partial charge in [0, 0.05) is 17.8 Å². The minimum atomic E-state index is -0.737. The molecular formula is C18H15N3O7. The molecule has 0 bridgehead atoms. The van der Waals surface area contributed by atoms with Crippen molar-refractivity contribution in [1.29, 1.82) is 0 Å². The number of rotatable bonds is 5. The van der Waals surface area contributed by atoms with Crippen molar-refractivity contribution in [1.82, 2.24) is 0 Å². The second-order valence-electron chi connectivity index (χ2n) is 5.93. The number of anilines is 2. The summed E-state index contributed by atoms with van der Waals surface area (Å²) in [6.07, 6.45) is 0. The van der Waals surface area contributed by atoms with E-state index in [0.29, 0.717) is 22.7 Å². The number of aryl methyl sites for hydroxylation is 1. The average molecular weight is 385 g/mol. The molecular weight excluding hydrogens is 370 g/mol. The number of amides is 2. The molecule has 0 radical (unpaired) electrons. The lowest BCUT2D eigenvalue weighted by atomic mass is 10.1. The van der Waals surface area contributed by atoms with Crippen molar-refractivity contribution in [3.05, 3.63) is 57.6 Å². The molecule has 0 fully saturated rings. The molecule has 0 aromatic heterocycles. The first-order valence-electron chi connectivity index (χ1n) is 8.12. The first kappa shape index (κ1) is 18.8. The lowest BCUT2D eigenvalue weighted by molar-refractivity contribution is -0.384. The van der Waals surface area contributed by atoms with E-state index in [2.05, 4.69) is 10.6 Å². The van der Waals surface area contributed by atoms with Crippen molar-refractivity contribution in [2.45, 2.75) is 6.92 Å². The van der Waals surface area contributed by atoms with E-state index in [0.717, 1.165) is 0 Å². The summed E-state index contributed by atoms with van der Waals surface area (Å²) in [5.74, 6) is -1.29. The third-order valence-electron chi connectivity index (χ3n) is 3.88. The Balaban J connectivity index is 1.58. The summed E-state index contributed by atoms with van der Waals surface area (Å²) in [7, 11) is 0.